The summed E-state index contributed by atoms with van der Waals surface area (Å²) < 4.78 is 0. The predicted molar refractivity (Wildman–Crippen MR) is 71.4 cm³/mol. The first-order chi connectivity index (χ1) is 8.19. The lowest BCUT2D eigenvalue weighted by atomic mass is 10.00. The van der Waals surface area contributed by atoms with Crippen LogP contribution in [0.5, 0.6) is 0 Å². The summed E-state index contributed by atoms with van der Waals surface area (Å²) >= 11 is 0. The van der Waals surface area contributed by atoms with Gasteiger partial charge in [0, 0.05) is 19.2 Å². The summed E-state index contributed by atoms with van der Waals surface area (Å²) in [6, 6.07) is 2.47. The van der Waals surface area contributed by atoms with Gasteiger partial charge in [-0.25, -0.2) is 9.97 Å². The molecule has 1 saturated carbocycles. The van der Waals surface area contributed by atoms with Crippen molar-refractivity contribution in [1.29, 1.82) is 0 Å². The minimum absolute atomic E-state index is 0.497. The Balaban J connectivity index is 2.04. The van der Waals surface area contributed by atoms with E-state index in [2.05, 4.69) is 27.5 Å². The van der Waals surface area contributed by atoms with Crippen molar-refractivity contribution >= 4 is 11.6 Å². The standard InChI is InChI=1S/C13H22N4/c1-9(11-6-4-5-7-11)15-13-8-12(14-3)16-10(2)17-13/h8-9,11H,4-7H2,1-3H3,(H2,14,15,16,17). The second-order valence-electron chi connectivity index (χ2n) is 4.91. The molecule has 4 heteroatoms. The van der Waals surface area contributed by atoms with Crippen LogP contribution in [-0.4, -0.2) is 23.1 Å². The summed E-state index contributed by atoms with van der Waals surface area (Å²) in [5.41, 5.74) is 0. The average Bonchev–Trinajstić information content (AvgIpc) is 2.81. The van der Waals surface area contributed by atoms with Gasteiger partial charge < -0.3 is 10.6 Å². The second kappa shape index (κ2) is 5.34. The Morgan fingerprint density at radius 2 is 1.88 bits per heavy atom. The summed E-state index contributed by atoms with van der Waals surface area (Å²) in [7, 11) is 1.88. The van der Waals surface area contributed by atoms with E-state index in [0.29, 0.717) is 6.04 Å². The number of aryl methyl sites for hydroxylation is 1. The number of nitrogens with zero attached hydrogens (tertiary/aromatic N) is 2. The Morgan fingerprint density at radius 3 is 2.53 bits per heavy atom. The number of nitrogens with one attached hydrogen (secondary N) is 2. The van der Waals surface area contributed by atoms with Gasteiger partial charge in [-0.3, -0.25) is 0 Å². The van der Waals surface area contributed by atoms with E-state index in [-0.39, 0.29) is 0 Å². The maximum Gasteiger partial charge on any atom is 0.132 e. The van der Waals surface area contributed by atoms with Crippen LogP contribution in [0, 0.1) is 12.8 Å². The lowest BCUT2D eigenvalue weighted by Gasteiger charge is -2.21. The molecule has 4 nitrogen and oxygen atoms in total. The molecule has 1 heterocycles. The van der Waals surface area contributed by atoms with Gasteiger partial charge in [-0.2, -0.15) is 0 Å². The van der Waals surface area contributed by atoms with Crippen LogP contribution >= 0.6 is 0 Å². The molecule has 0 saturated heterocycles. The smallest absolute Gasteiger partial charge is 0.132 e. The molecule has 0 amide bonds. The molecule has 1 aromatic rings. The van der Waals surface area contributed by atoms with Crippen LogP contribution < -0.4 is 10.6 Å². The van der Waals surface area contributed by atoms with Crippen molar-refractivity contribution in [1.82, 2.24) is 9.97 Å². The predicted octanol–water partition coefficient (Wildman–Crippen LogP) is 2.82. The monoisotopic (exact) mass is 234 g/mol. The molecular weight excluding hydrogens is 212 g/mol. The zero-order chi connectivity index (χ0) is 12.3. The number of hydrogen-bond acceptors (Lipinski definition) is 4. The van der Waals surface area contributed by atoms with E-state index < -0.39 is 0 Å². The molecule has 17 heavy (non-hydrogen) atoms. The molecule has 2 rings (SSSR count). The van der Waals surface area contributed by atoms with Gasteiger partial charge in [0.25, 0.3) is 0 Å². The zero-order valence-electron chi connectivity index (χ0n) is 11.0. The van der Waals surface area contributed by atoms with Crippen LogP contribution in [0.3, 0.4) is 0 Å². The lowest BCUT2D eigenvalue weighted by molar-refractivity contribution is 0.481. The normalized spacial score (nSPS) is 18.1. The molecule has 1 unspecified atom stereocenters. The van der Waals surface area contributed by atoms with Crippen LogP contribution in [0.4, 0.5) is 11.6 Å². The van der Waals surface area contributed by atoms with Gasteiger partial charge in [-0.1, -0.05) is 12.8 Å². The van der Waals surface area contributed by atoms with E-state index in [1.807, 2.05) is 20.0 Å². The molecule has 1 fully saturated rings. The van der Waals surface area contributed by atoms with Gasteiger partial charge in [0.05, 0.1) is 0 Å². The molecule has 0 aromatic carbocycles. The Labute approximate surface area is 103 Å². The zero-order valence-corrected chi connectivity index (χ0v) is 11.0. The van der Waals surface area contributed by atoms with E-state index in [1.165, 1.54) is 25.7 Å². The Hall–Kier alpha value is -1.32. The second-order valence-corrected chi connectivity index (χ2v) is 4.91. The van der Waals surface area contributed by atoms with Crippen molar-refractivity contribution in [2.75, 3.05) is 17.7 Å². The van der Waals surface area contributed by atoms with Crippen molar-refractivity contribution < 1.29 is 0 Å². The third kappa shape index (κ3) is 3.08. The molecule has 0 radical (unpaired) electrons. The van der Waals surface area contributed by atoms with Crippen molar-refractivity contribution in [3.63, 3.8) is 0 Å². The van der Waals surface area contributed by atoms with E-state index >= 15 is 0 Å². The SMILES string of the molecule is CNc1cc(NC(C)C2CCCC2)nc(C)n1. The fourth-order valence-corrected chi connectivity index (χ4v) is 2.58. The van der Waals surface area contributed by atoms with Crippen molar-refractivity contribution in [3.8, 4) is 0 Å². The summed E-state index contributed by atoms with van der Waals surface area (Å²) in [4.78, 5) is 8.73. The molecule has 1 aromatic heterocycles. The van der Waals surface area contributed by atoms with E-state index in [4.69, 9.17) is 0 Å². The quantitative estimate of drug-likeness (QED) is 0.841. The minimum Gasteiger partial charge on any atom is -0.373 e. The van der Waals surface area contributed by atoms with Crippen LogP contribution in [0.15, 0.2) is 6.07 Å². The fourth-order valence-electron chi connectivity index (χ4n) is 2.58. The average molecular weight is 234 g/mol. The number of aromatic nitrogens is 2. The van der Waals surface area contributed by atoms with Crippen LogP contribution in [-0.2, 0) is 0 Å². The first-order valence-electron chi connectivity index (χ1n) is 6.49. The van der Waals surface area contributed by atoms with Gasteiger partial charge in [-0.05, 0) is 32.6 Å². The maximum absolute atomic E-state index is 4.43. The molecular formula is C13H22N4. The summed E-state index contributed by atoms with van der Waals surface area (Å²) in [5, 5.41) is 6.57. The van der Waals surface area contributed by atoms with Gasteiger partial charge >= 0.3 is 0 Å². The molecule has 0 bridgehead atoms. The van der Waals surface area contributed by atoms with Crippen molar-refractivity contribution in [2.45, 2.75) is 45.6 Å². The first kappa shape index (κ1) is 12.1. The van der Waals surface area contributed by atoms with Gasteiger partial charge in [0.15, 0.2) is 0 Å². The number of hydrogen-bond donors (Lipinski definition) is 2. The fraction of sp³-hybridized carbons (Fsp3) is 0.692. The van der Waals surface area contributed by atoms with Gasteiger partial charge in [0.1, 0.15) is 17.5 Å². The maximum atomic E-state index is 4.43. The molecule has 94 valence electrons. The highest BCUT2D eigenvalue weighted by molar-refractivity contribution is 5.47. The third-order valence-corrected chi connectivity index (χ3v) is 3.58. The largest absolute Gasteiger partial charge is 0.373 e. The Kier molecular flexibility index (Phi) is 3.82. The highest BCUT2D eigenvalue weighted by atomic mass is 15.1. The van der Waals surface area contributed by atoms with Crippen LogP contribution in [0.2, 0.25) is 0 Å². The van der Waals surface area contributed by atoms with Crippen LogP contribution in [0.1, 0.15) is 38.4 Å². The number of rotatable bonds is 4. The molecule has 2 N–H and O–H groups in total. The third-order valence-electron chi connectivity index (χ3n) is 3.58. The Morgan fingerprint density at radius 1 is 1.24 bits per heavy atom. The van der Waals surface area contributed by atoms with E-state index in [0.717, 1.165) is 23.4 Å². The Bertz CT molecular complexity index is 372. The lowest BCUT2D eigenvalue weighted by Crippen LogP contribution is -2.24. The minimum atomic E-state index is 0.497. The topological polar surface area (TPSA) is 49.8 Å². The first-order valence-corrected chi connectivity index (χ1v) is 6.49. The molecule has 0 spiro atoms. The molecule has 1 aliphatic rings. The molecule has 1 aliphatic carbocycles. The summed E-state index contributed by atoms with van der Waals surface area (Å²) in [6.45, 7) is 4.18. The van der Waals surface area contributed by atoms with E-state index in [1.54, 1.807) is 0 Å². The van der Waals surface area contributed by atoms with Crippen LogP contribution in [0.25, 0.3) is 0 Å². The van der Waals surface area contributed by atoms with Crippen molar-refractivity contribution in [3.05, 3.63) is 11.9 Å². The summed E-state index contributed by atoms with van der Waals surface area (Å²) in [5.74, 6) is 3.40. The van der Waals surface area contributed by atoms with Gasteiger partial charge in [0.2, 0.25) is 0 Å². The highest BCUT2D eigenvalue weighted by Gasteiger charge is 2.21. The summed E-state index contributed by atoms with van der Waals surface area (Å²) in [6.07, 6.45) is 5.44. The van der Waals surface area contributed by atoms with E-state index in [9.17, 15) is 0 Å². The van der Waals surface area contributed by atoms with Crippen molar-refractivity contribution in [2.24, 2.45) is 5.92 Å². The highest BCUT2D eigenvalue weighted by Crippen LogP contribution is 2.29. The number of anilines is 2. The molecule has 0 aliphatic heterocycles. The van der Waals surface area contributed by atoms with Gasteiger partial charge in [-0.15, -0.1) is 0 Å². The molecule has 1 atom stereocenters.